The van der Waals surface area contributed by atoms with Crippen molar-refractivity contribution in [3.63, 3.8) is 0 Å². The van der Waals surface area contributed by atoms with Gasteiger partial charge in [-0.1, -0.05) is 19.3 Å². The minimum Gasteiger partial charge on any atom is -0.481 e. The molecule has 0 bridgehead atoms. The molecule has 2 aliphatic carbocycles. The third-order valence-corrected chi connectivity index (χ3v) is 4.69. The van der Waals surface area contributed by atoms with Crippen LogP contribution in [0, 0.1) is 11.8 Å². The van der Waals surface area contributed by atoms with Crippen molar-refractivity contribution in [2.45, 2.75) is 44.6 Å². The van der Waals surface area contributed by atoms with E-state index in [9.17, 15) is 14.4 Å². The lowest BCUT2D eigenvalue weighted by atomic mass is 9.94. The van der Waals surface area contributed by atoms with Crippen LogP contribution in [0.15, 0.2) is 0 Å². The van der Waals surface area contributed by atoms with Gasteiger partial charge in [0.1, 0.15) is 0 Å². The fraction of sp³-hybridized carbons (Fsp3) is 0.800. The fourth-order valence-corrected chi connectivity index (χ4v) is 3.09. The van der Waals surface area contributed by atoms with E-state index in [1.54, 1.807) is 19.0 Å². The molecular weight excluding hydrogens is 272 g/mol. The highest BCUT2D eigenvalue weighted by atomic mass is 16.4. The third kappa shape index (κ3) is 3.74. The molecule has 21 heavy (non-hydrogen) atoms. The first-order valence-electron chi connectivity index (χ1n) is 7.65. The van der Waals surface area contributed by atoms with Crippen LogP contribution in [0.1, 0.15) is 38.5 Å². The maximum atomic E-state index is 12.2. The van der Waals surface area contributed by atoms with Gasteiger partial charge >= 0.3 is 5.97 Å². The number of carboxylic acid groups (broad SMARTS) is 1. The first kappa shape index (κ1) is 15.8. The molecule has 0 aromatic rings. The molecule has 0 radical (unpaired) electrons. The van der Waals surface area contributed by atoms with Crippen molar-refractivity contribution in [1.82, 2.24) is 9.80 Å². The predicted octanol–water partition coefficient (Wildman–Crippen LogP) is 0.957. The lowest BCUT2D eigenvalue weighted by molar-refractivity contribution is -0.143. The number of aliphatic carboxylic acids is 1. The van der Waals surface area contributed by atoms with Crippen molar-refractivity contribution in [2.75, 3.05) is 20.6 Å². The number of hydrogen-bond donors (Lipinski definition) is 1. The molecule has 2 saturated carbocycles. The second-order valence-electron chi connectivity index (χ2n) is 6.28. The average molecular weight is 296 g/mol. The Morgan fingerprint density at radius 1 is 1.05 bits per heavy atom. The SMILES string of the molecule is CN(CC(=O)N(C)C1CCCCC1)C(=O)[C@@H]1C[C@@H]1C(=O)O. The summed E-state index contributed by atoms with van der Waals surface area (Å²) >= 11 is 0. The van der Waals surface area contributed by atoms with Gasteiger partial charge in [0, 0.05) is 20.1 Å². The van der Waals surface area contributed by atoms with Crippen LogP contribution in [-0.2, 0) is 14.4 Å². The van der Waals surface area contributed by atoms with Crippen LogP contribution >= 0.6 is 0 Å². The molecular formula is C15H24N2O4. The molecule has 0 aromatic heterocycles. The number of hydrogen-bond acceptors (Lipinski definition) is 3. The standard InChI is InChI=1S/C15H24N2O4/c1-16(14(19)11-8-12(11)15(20)21)9-13(18)17(2)10-6-4-3-5-7-10/h10-12H,3-9H2,1-2H3,(H,20,21)/t11-,12+/m1/s1. The summed E-state index contributed by atoms with van der Waals surface area (Å²) in [6, 6.07) is 0.280. The second kappa shape index (κ2) is 6.45. The molecule has 0 heterocycles. The van der Waals surface area contributed by atoms with Gasteiger partial charge in [0.25, 0.3) is 0 Å². The summed E-state index contributed by atoms with van der Waals surface area (Å²) in [5.74, 6) is -2.23. The van der Waals surface area contributed by atoms with Gasteiger partial charge in [-0.3, -0.25) is 14.4 Å². The molecule has 0 aliphatic heterocycles. The molecule has 6 heteroatoms. The summed E-state index contributed by atoms with van der Waals surface area (Å²) < 4.78 is 0. The lowest BCUT2D eigenvalue weighted by Crippen LogP contribution is -2.45. The highest BCUT2D eigenvalue weighted by Crippen LogP contribution is 2.39. The van der Waals surface area contributed by atoms with Crippen molar-refractivity contribution < 1.29 is 19.5 Å². The smallest absolute Gasteiger partial charge is 0.307 e. The van der Waals surface area contributed by atoms with E-state index in [0.29, 0.717) is 6.42 Å². The lowest BCUT2D eigenvalue weighted by Gasteiger charge is -2.32. The monoisotopic (exact) mass is 296 g/mol. The zero-order valence-electron chi connectivity index (χ0n) is 12.7. The summed E-state index contributed by atoms with van der Waals surface area (Å²) in [5.41, 5.74) is 0. The number of likely N-dealkylation sites (N-methyl/N-ethyl adjacent to an activating group) is 2. The maximum absolute atomic E-state index is 12.2. The van der Waals surface area contributed by atoms with Gasteiger partial charge in [0.2, 0.25) is 11.8 Å². The highest BCUT2D eigenvalue weighted by Gasteiger charge is 2.49. The topological polar surface area (TPSA) is 77.9 Å². The Labute approximate surface area is 125 Å². The van der Waals surface area contributed by atoms with Crippen molar-refractivity contribution in [1.29, 1.82) is 0 Å². The molecule has 2 aliphatic rings. The van der Waals surface area contributed by atoms with E-state index < -0.39 is 17.8 Å². The molecule has 2 amide bonds. The van der Waals surface area contributed by atoms with E-state index in [2.05, 4.69) is 0 Å². The quantitative estimate of drug-likeness (QED) is 0.819. The largest absolute Gasteiger partial charge is 0.481 e. The molecule has 0 spiro atoms. The Morgan fingerprint density at radius 2 is 1.67 bits per heavy atom. The van der Waals surface area contributed by atoms with Crippen LogP contribution in [0.25, 0.3) is 0 Å². The zero-order valence-corrected chi connectivity index (χ0v) is 12.7. The van der Waals surface area contributed by atoms with Crippen LogP contribution < -0.4 is 0 Å². The van der Waals surface area contributed by atoms with Crippen LogP contribution in [0.2, 0.25) is 0 Å². The number of carboxylic acids is 1. The van der Waals surface area contributed by atoms with Crippen LogP contribution in [0.3, 0.4) is 0 Å². The number of amides is 2. The molecule has 0 saturated heterocycles. The fourth-order valence-electron chi connectivity index (χ4n) is 3.09. The molecule has 1 N–H and O–H groups in total. The Hall–Kier alpha value is -1.59. The normalized spacial score (nSPS) is 25.2. The van der Waals surface area contributed by atoms with Crippen molar-refractivity contribution >= 4 is 17.8 Å². The highest BCUT2D eigenvalue weighted by molar-refractivity contribution is 5.91. The van der Waals surface area contributed by atoms with Crippen molar-refractivity contribution in [3.05, 3.63) is 0 Å². The summed E-state index contributed by atoms with van der Waals surface area (Å²) in [6.07, 6.45) is 5.99. The van der Waals surface area contributed by atoms with E-state index in [4.69, 9.17) is 5.11 Å². The van der Waals surface area contributed by atoms with Gasteiger partial charge in [0.05, 0.1) is 18.4 Å². The molecule has 2 rings (SSSR count). The minimum absolute atomic E-state index is 0.0364. The Balaban J connectivity index is 1.81. The van der Waals surface area contributed by atoms with Crippen LogP contribution in [-0.4, -0.2) is 59.4 Å². The first-order chi connectivity index (χ1) is 9.91. The summed E-state index contributed by atoms with van der Waals surface area (Å²) in [5, 5.41) is 8.85. The molecule has 6 nitrogen and oxygen atoms in total. The predicted molar refractivity (Wildman–Crippen MR) is 76.5 cm³/mol. The first-order valence-corrected chi connectivity index (χ1v) is 7.65. The Bertz CT molecular complexity index is 431. The van der Waals surface area contributed by atoms with Crippen molar-refractivity contribution in [2.24, 2.45) is 11.8 Å². The van der Waals surface area contributed by atoms with E-state index in [1.807, 2.05) is 0 Å². The van der Waals surface area contributed by atoms with E-state index in [1.165, 1.54) is 11.3 Å². The Morgan fingerprint density at radius 3 is 2.19 bits per heavy atom. The van der Waals surface area contributed by atoms with E-state index in [-0.39, 0.29) is 24.4 Å². The maximum Gasteiger partial charge on any atom is 0.307 e. The molecule has 2 atom stereocenters. The zero-order chi connectivity index (χ0) is 15.6. The summed E-state index contributed by atoms with van der Waals surface area (Å²) in [7, 11) is 3.37. The van der Waals surface area contributed by atoms with Gasteiger partial charge in [-0.05, 0) is 19.3 Å². The number of carbonyl (C=O) groups is 3. The number of rotatable bonds is 5. The summed E-state index contributed by atoms with van der Waals surface area (Å²) in [4.78, 5) is 38.2. The third-order valence-electron chi connectivity index (χ3n) is 4.69. The summed E-state index contributed by atoms with van der Waals surface area (Å²) in [6.45, 7) is 0.0364. The second-order valence-corrected chi connectivity index (χ2v) is 6.28. The average Bonchev–Trinajstić information content (AvgIpc) is 3.27. The van der Waals surface area contributed by atoms with Crippen LogP contribution in [0.4, 0.5) is 0 Å². The van der Waals surface area contributed by atoms with Gasteiger partial charge < -0.3 is 14.9 Å². The van der Waals surface area contributed by atoms with Gasteiger partial charge in [-0.15, -0.1) is 0 Å². The molecule has 2 fully saturated rings. The van der Waals surface area contributed by atoms with Crippen LogP contribution in [0.5, 0.6) is 0 Å². The van der Waals surface area contributed by atoms with Gasteiger partial charge in [-0.25, -0.2) is 0 Å². The minimum atomic E-state index is -0.924. The molecule has 0 unspecified atom stereocenters. The number of nitrogens with zero attached hydrogens (tertiary/aromatic N) is 2. The Kier molecular flexibility index (Phi) is 4.85. The molecule has 0 aromatic carbocycles. The number of carbonyl (C=O) groups excluding carboxylic acids is 2. The van der Waals surface area contributed by atoms with E-state index >= 15 is 0 Å². The van der Waals surface area contributed by atoms with Gasteiger partial charge in [-0.2, -0.15) is 0 Å². The van der Waals surface area contributed by atoms with Gasteiger partial charge in [0.15, 0.2) is 0 Å². The molecule has 118 valence electrons. The van der Waals surface area contributed by atoms with E-state index in [0.717, 1.165) is 25.7 Å². The van der Waals surface area contributed by atoms with Crippen molar-refractivity contribution in [3.8, 4) is 0 Å².